The molecule has 1 heterocycles. The summed E-state index contributed by atoms with van der Waals surface area (Å²) in [5.74, 6) is 0.827. The fraction of sp³-hybridized carbons (Fsp3) is 0.917. The van der Waals surface area contributed by atoms with Gasteiger partial charge in [0.25, 0.3) is 0 Å². The van der Waals surface area contributed by atoms with Gasteiger partial charge in [-0.25, -0.2) is 0 Å². The maximum absolute atomic E-state index is 11.9. The van der Waals surface area contributed by atoms with E-state index < -0.39 is 0 Å². The van der Waals surface area contributed by atoms with E-state index in [1.165, 1.54) is 0 Å². The number of hydrogen-bond acceptors (Lipinski definition) is 3. The van der Waals surface area contributed by atoms with Crippen molar-refractivity contribution in [3.63, 3.8) is 0 Å². The molecule has 0 aliphatic carbocycles. The highest BCUT2D eigenvalue weighted by molar-refractivity contribution is 5.81. The lowest BCUT2D eigenvalue weighted by Gasteiger charge is -2.29. The first-order valence-electron chi connectivity index (χ1n) is 6.10. The van der Waals surface area contributed by atoms with Gasteiger partial charge in [-0.15, -0.1) is 0 Å². The van der Waals surface area contributed by atoms with E-state index >= 15 is 0 Å². The second kappa shape index (κ2) is 6.21. The molecular weight excluding hydrogens is 204 g/mol. The molecule has 0 aromatic rings. The molecule has 4 nitrogen and oxygen atoms in total. The molecular formula is C12H24N2O2. The first-order chi connectivity index (χ1) is 7.52. The maximum atomic E-state index is 11.9. The van der Waals surface area contributed by atoms with Gasteiger partial charge in [-0.3, -0.25) is 4.79 Å². The number of likely N-dealkylation sites (N-methyl/N-ethyl adjacent to an activating group) is 1. The molecule has 4 heteroatoms. The van der Waals surface area contributed by atoms with Gasteiger partial charge in [-0.05, 0) is 24.7 Å². The second-order valence-corrected chi connectivity index (χ2v) is 5.04. The quantitative estimate of drug-likeness (QED) is 0.776. The van der Waals surface area contributed by atoms with Gasteiger partial charge in [0.1, 0.15) is 0 Å². The monoisotopic (exact) mass is 228 g/mol. The third kappa shape index (κ3) is 3.76. The van der Waals surface area contributed by atoms with Crippen LogP contribution >= 0.6 is 0 Å². The largest absolute Gasteiger partial charge is 0.381 e. The zero-order chi connectivity index (χ0) is 12.1. The van der Waals surface area contributed by atoms with E-state index in [9.17, 15) is 4.79 Å². The Morgan fingerprint density at radius 1 is 1.44 bits per heavy atom. The molecule has 0 saturated carbocycles. The molecule has 0 aromatic heterocycles. The van der Waals surface area contributed by atoms with E-state index in [0.717, 1.165) is 32.6 Å². The smallest absolute Gasteiger partial charge is 0.239 e. The van der Waals surface area contributed by atoms with Gasteiger partial charge in [0.15, 0.2) is 0 Å². The number of ether oxygens (including phenoxy) is 1. The molecule has 0 radical (unpaired) electrons. The highest BCUT2D eigenvalue weighted by Crippen LogP contribution is 2.16. The molecule has 0 unspecified atom stereocenters. The standard InChI is InChI=1S/C12H24N2O2/c1-9(2)11(13)12(15)14(3)8-10-4-6-16-7-5-10/h9-11H,4-8,13H2,1-3H3/t11-/m0/s1. The minimum Gasteiger partial charge on any atom is -0.381 e. The Bertz CT molecular complexity index is 225. The van der Waals surface area contributed by atoms with Crippen LogP contribution in [0.5, 0.6) is 0 Å². The van der Waals surface area contributed by atoms with E-state index in [-0.39, 0.29) is 17.9 Å². The number of nitrogens with zero attached hydrogens (tertiary/aromatic N) is 1. The van der Waals surface area contributed by atoms with Crippen LogP contribution in [0.4, 0.5) is 0 Å². The number of hydrogen-bond donors (Lipinski definition) is 1. The van der Waals surface area contributed by atoms with Gasteiger partial charge in [0, 0.05) is 26.8 Å². The van der Waals surface area contributed by atoms with Gasteiger partial charge in [-0.2, -0.15) is 0 Å². The average Bonchev–Trinajstić information content (AvgIpc) is 2.28. The van der Waals surface area contributed by atoms with Crippen molar-refractivity contribution in [1.82, 2.24) is 4.90 Å². The molecule has 0 bridgehead atoms. The van der Waals surface area contributed by atoms with Crippen LogP contribution in [0, 0.1) is 11.8 Å². The van der Waals surface area contributed by atoms with Crippen molar-refractivity contribution in [3.05, 3.63) is 0 Å². The van der Waals surface area contributed by atoms with Crippen LogP contribution in [-0.4, -0.2) is 43.7 Å². The van der Waals surface area contributed by atoms with Gasteiger partial charge in [-0.1, -0.05) is 13.8 Å². The molecule has 0 aromatic carbocycles. The topological polar surface area (TPSA) is 55.6 Å². The SMILES string of the molecule is CC(C)[C@H](N)C(=O)N(C)CC1CCOCC1. The fourth-order valence-electron chi connectivity index (χ4n) is 1.95. The molecule has 94 valence electrons. The van der Waals surface area contributed by atoms with E-state index in [2.05, 4.69) is 0 Å². The van der Waals surface area contributed by atoms with E-state index in [0.29, 0.717) is 5.92 Å². The lowest BCUT2D eigenvalue weighted by molar-refractivity contribution is -0.133. The summed E-state index contributed by atoms with van der Waals surface area (Å²) in [6.07, 6.45) is 2.10. The Balaban J connectivity index is 2.38. The number of carbonyl (C=O) groups excluding carboxylic acids is 1. The Hall–Kier alpha value is -0.610. The molecule has 2 N–H and O–H groups in total. The summed E-state index contributed by atoms with van der Waals surface area (Å²) in [5, 5.41) is 0. The van der Waals surface area contributed by atoms with Gasteiger partial charge >= 0.3 is 0 Å². The number of rotatable bonds is 4. The van der Waals surface area contributed by atoms with Gasteiger partial charge in [0.05, 0.1) is 6.04 Å². The molecule has 1 saturated heterocycles. The minimum atomic E-state index is -0.371. The van der Waals surface area contributed by atoms with Crippen molar-refractivity contribution in [2.45, 2.75) is 32.7 Å². The van der Waals surface area contributed by atoms with Crippen LogP contribution in [0.25, 0.3) is 0 Å². The average molecular weight is 228 g/mol. The van der Waals surface area contributed by atoms with Crippen molar-refractivity contribution < 1.29 is 9.53 Å². The summed E-state index contributed by atoms with van der Waals surface area (Å²) in [4.78, 5) is 13.7. The van der Waals surface area contributed by atoms with Crippen LogP contribution in [0.1, 0.15) is 26.7 Å². The van der Waals surface area contributed by atoms with Crippen molar-refractivity contribution >= 4 is 5.91 Å². The Kier molecular flexibility index (Phi) is 5.22. The van der Waals surface area contributed by atoms with Crippen LogP contribution in [0.3, 0.4) is 0 Å². The number of amides is 1. The predicted molar refractivity (Wildman–Crippen MR) is 64.0 cm³/mol. The highest BCUT2D eigenvalue weighted by atomic mass is 16.5. The molecule has 1 aliphatic heterocycles. The first kappa shape index (κ1) is 13.5. The molecule has 16 heavy (non-hydrogen) atoms. The van der Waals surface area contributed by atoms with E-state index in [4.69, 9.17) is 10.5 Å². The predicted octanol–water partition coefficient (Wildman–Crippen LogP) is 0.855. The van der Waals surface area contributed by atoms with Crippen molar-refractivity contribution in [3.8, 4) is 0 Å². The zero-order valence-corrected chi connectivity index (χ0v) is 10.6. The number of nitrogens with two attached hydrogens (primary N) is 1. The zero-order valence-electron chi connectivity index (χ0n) is 10.6. The third-order valence-corrected chi connectivity index (χ3v) is 3.25. The molecule has 1 rings (SSSR count). The maximum Gasteiger partial charge on any atom is 0.239 e. The van der Waals surface area contributed by atoms with Crippen molar-refractivity contribution in [2.24, 2.45) is 17.6 Å². The van der Waals surface area contributed by atoms with Crippen LogP contribution in [-0.2, 0) is 9.53 Å². The number of carbonyl (C=O) groups is 1. The first-order valence-corrected chi connectivity index (χ1v) is 6.10. The molecule has 1 amide bonds. The Labute approximate surface area is 98.1 Å². The summed E-state index contributed by atoms with van der Waals surface area (Å²) < 4.78 is 5.30. The second-order valence-electron chi connectivity index (χ2n) is 5.04. The summed E-state index contributed by atoms with van der Waals surface area (Å²) in [5.41, 5.74) is 5.85. The van der Waals surface area contributed by atoms with Gasteiger partial charge < -0.3 is 15.4 Å². The van der Waals surface area contributed by atoms with Crippen LogP contribution in [0.15, 0.2) is 0 Å². The van der Waals surface area contributed by atoms with Gasteiger partial charge in [0.2, 0.25) is 5.91 Å². The normalized spacial score (nSPS) is 19.8. The van der Waals surface area contributed by atoms with E-state index in [1.807, 2.05) is 20.9 Å². The van der Waals surface area contributed by atoms with E-state index in [1.54, 1.807) is 4.90 Å². The molecule has 0 spiro atoms. The lowest BCUT2D eigenvalue weighted by Crippen LogP contribution is -2.46. The molecule has 1 atom stereocenters. The van der Waals surface area contributed by atoms with Crippen LogP contribution in [0.2, 0.25) is 0 Å². The highest BCUT2D eigenvalue weighted by Gasteiger charge is 2.24. The Morgan fingerprint density at radius 3 is 2.50 bits per heavy atom. The summed E-state index contributed by atoms with van der Waals surface area (Å²) in [6, 6.07) is -0.371. The molecule has 1 fully saturated rings. The third-order valence-electron chi connectivity index (χ3n) is 3.25. The summed E-state index contributed by atoms with van der Waals surface area (Å²) in [6.45, 7) is 6.41. The van der Waals surface area contributed by atoms with Crippen molar-refractivity contribution in [2.75, 3.05) is 26.8 Å². The Morgan fingerprint density at radius 2 is 2.00 bits per heavy atom. The summed E-state index contributed by atoms with van der Waals surface area (Å²) in [7, 11) is 1.85. The molecule has 1 aliphatic rings. The van der Waals surface area contributed by atoms with Crippen molar-refractivity contribution in [1.29, 1.82) is 0 Å². The summed E-state index contributed by atoms with van der Waals surface area (Å²) >= 11 is 0. The fourth-order valence-corrected chi connectivity index (χ4v) is 1.95. The van der Waals surface area contributed by atoms with Crippen LogP contribution < -0.4 is 5.73 Å². The minimum absolute atomic E-state index is 0.0569. The lowest BCUT2D eigenvalue weighted by atomic mass is 9.98.